The molecule has 1 unspecified atom stereocenters. The molecule has 1 aromatic carbocycles. The maximum Gasteiger partial charge on any atom is 0.410 e. The molecule has 0 spiro atoms. The Morgan fingerprint density at radius 3 is 2.61 bits per heavy atom. The Balaban J connectivity index is 0.00000341. The summed E-state index contributed by atoms with van der Waals surface area (Å²) in [4.78, 5) is 21.1. The molecule has 2 heterocycles. The average Bonchev–Trinajstić information content (AvgIpc) is 3.12. The summed E-state index contributed by atoms with van der Waals surface area (Å²) in [6.07, 6.45) is 1.69. The summed E-state index contributed by atoms with van der Waals surface area (Å²) < 4.78 is 16.2. The van der Waals surface area contributed by atoms with Gasteiger partial charge in [-0.2, -0.15) is 0 Å². The standard InChI is InChI=1S/C22H34N4O4.HI/c1-22(2,3)30-21(27)25-11-12-26-17(15-25)14-24-20(26)23-10-6-7-16-8-9-18(28-4)19(13-16)29-5;/h8-9,13,17H,6-7,10-12,14-15H2,1-5H3,(H,23,24);1H. The number of piperazine rings is 1. The Labute approximate surface area is 202 Å². The monoisotopic (exact) mass is 546 g/mol. The second-order valence-corrected chi connectivity index (χ2v) is 8.66. The number of carbonyl (C=O) groups is 1. The molecule has 8 nitrogen and oxygen atoms in total. The topological polar surface area (TPSA) is 75.6 Å². The number of nitrogens with one attached hydrogen (secondary N) is 1. The van der Waals surface area contributed by atoms with Crippen LogP contribution in [0.2, 0.25) is 0 Å². The van der Waals surface area contributed by atoms with Crippen LogP contribution in [0.25, 0.3) is 0 Å². The quantitative estimate of drug-likeness (QED) is 0.437. The van der Waals surface area contributed by atoms with Crippen molar-refractivity contribution >= 4 is 36.0 Å². The van der Waals surface area contributed by atoms with E-state index >= 15 is 0 Å². The summed E-state index contributed by atoms with van der Waals surface area (Å²) in [5, 5.41) is 3.47. The van der Waals surface area contributed by atoms with E-state index in [9.17, 15) is 4.79 Å². The lowest BCUT2D eigenvalue weighted by Gasteiger charge is -2.39. The van der Waals surface area contributed by atoms with Crippen LogP contribution in [0.3, 0.4) is 0 Å². The van der Waals surface area contributed by atoms with Gasteiger partial charge in [-0.15, -0.1) is 24.0 Å². The first-order valence-corrected chi connectivity index (χ1v) is 10.5. The van der Waals surface area contributed by atoms with E-state index < -0.39 is 5.60 Å². The van der Waals surface area contributed by atoms with Crippen LogP contribution in [-0.4, -0.2) is 80.4 Å². The normalized spacial score (nSPS) is 18.0. The van der Waals surface area contributed by atoms with Crippen LogP contribution in [0, 0.1) is 0 Å². The lowest BCUT2D eigenvalue weighted by molar-refractivity contribution is 0.0137. The molecule has 2 aliphatic heterocycles. The van der Waals surface area contributed by atoms with Gasteiger partial charge >= 0.3 is 6.09 Å². The molecule has 0 bridgehead atoms. The third-order valence-corrected chi connectivity index (χ3v) is 5.23. The van der Waals surface area contributed by atoms with Crippen molar-refractivity contribution < 1.29 is 19.0 Å². The number of benzene rings is 1. The molecule has 3 rings (SSSR count). The van der Waals surface area contributed by atoms with Crippen molar-refractivity contribution in [2.24, 2.45) is 4.99 Å². The predicted molar refractivity (Wildman–Crippen MR) is 132 cm³/mol. The molecule has 0 radical (unpaired) electrons. The molecule has 0 aromatic heterocycles. The molecule has 1 fully saturated rings. The minimum atomic E-state index is -0.471. The maximum atomic E-state index is 12.3. The van der Waals surface area contributed by atoms with Crippen molar-refractivity contribution in [1.82, 2.24) is 15.1 Å². The number of methoxy groups -OCH3 is 2. The van der Waals surface area contributed by atoms with Gasteiger partial charge in [0.25, 0.3) is 0 Å². The second kappa shape index (κ2) is 11.1. The number of aryl methyl sites for hydroxylation is 1. The first-order chi connectivity index (χ1) is 14.3. The van der Waals surface area contributed by atoms with E-state index in [4.69, 9.17) is 14.2 Å². The number of guanidine groups is 1. The van der Waals surface area contributed by atoms with Gasteiger partial charge in [-0.25, -0.2) is 4.79 Å². The number of rotatable bonds is 6. The fourth-order valence-electron chi connectivity index (χ4n) is 3.75. The number of nitrogens with zero attached hydrogens (tertiary/aromatic N) is 3. The molecule has 1 aromatic rings. The first-order valence-electron chi connectivity index (χ1n) is 10.5. The second-order valence-electron chi connectivity index (χ2n) is 8.66. The number of hydrogen-bond acceptors (Lipinski definition) is 7. The van der Waals surface area contributed by atoms with Crippen LogP contribution in [0.15, 0.2) is 23.2 Å². The van der Waals surface area contributed by atoms with Gasteiger partial charge in [0.1, 0.15) is 5.60 Å². The van der Waals surface area contributed by atoms with Crippen molar-refractivity contribution in [3.8, 4) is 11.5 Å². The molecule has 1 amide bonds. The smallest absolute Gasteiger partial charge is 0.410 e. The Morgan fingerprint density at radius 1 is 1.19 bits per heavy atom. The molecule has 1 saturated heterocycles. The molecular formula is C22H35IN4O4. The average molecular weight is 546 g/mol. The summed E-state index contributed by atoms with van der Waals surface area (Å²) in [6.45, 7) is 9.29. The van der Waals surface area contributed by atoms with E-state index in [0.29, 0.717) is 19.6 Å². The molecule has 0 aliphatic carbocycles. The molecule has 31 heavy (non-hydrogen) atoms. The zero-order valence-corrected chi connectivity index (χ0v) is 21.5. The van der Waals surface area contributed by atoms with Crippen molar-refractivity contribution in [3.05, 3.63) is 23.8 Å². The first kappa shape index (κ1) is 25.4. The van der Waals surface area contributed by atoms with Crippen LogP contribution in [-0.2, 0) is 11.2 Å². The Morgan fingerprint density at radius 2 is 1.94 bits per heavy atom. The van der Waals surface area contributed by atoms with Gasteiger partial charge in [-0.3, -0.25) is 4.99 Å². The van der Waals surface area contributed by atoms with Crippen LogP contribution in [0.4, 0.5) is 4.79 Å². The number of fused-ring (bicyclic) bond motifs is 1. The Bertz CT molecular complexity index is 781. The fourth-order valence-corrected chi connectivity index (χ4v) is 3.75. The van der Waals surface area contributed by atoms with Crippen LogP contribution < -0.4 is 14.8 Å². The van der Waals surface area contributed by atoms with E-state index in [1.807, 2.05) is 32.9 Å². The largest absolute Gasteiger partial charge is 0.493 e. The highest BCUT2D eigenvalue weighted by Gasteiger charge is 2.36. The molecule has 1 N–H and O–H groups in total. The SMILES string of the molecule is COc1ccc(CCCNC2=NCC3CN(C(=O)OC(C)(C)C)CCN23)cc1OC.I. The highest BCUT2D eigenvalue weighted by atomic mass is 127. The zero-order chi connectivity index (χ0) is 21.7. The number of aliphatic imine (C=N–C) groups is 1. The fraction of sp³-hybridized carbons (Fsp3) is 0.636. The summed E-state index contributed by atoms with van der Waals surface area (Å²) in [6, 6.07) is 6.26. The van der Waals surface area contributed by atoms with Gasteiger partial charge in [-0.1, -0.05) is 6.07 Å². The minimum Gasteiger partial charge on any atom is -0.493 e. The lowest BCUT2D eigenvalue weighted by atomic mass is 10.1. The highest BCUT2D eigenvalue weighted by molar-refractivity contribution is 14.0. The van der Waals surface area contributed by atoms with Gasteiger partial charge in [0, 0.05) is 26.2 Å². The van der Waals surface area contributed by atoms with Crippen molar-refractivity contribution in [1.29, 1.82) is 0 Å². The van der Waals surface area contributed by atoms with Gasteiger partial charge < -0.3 is 29.3 Å². The summed E-state index contributed by atoms with van der Waals surface area (Å²) in [5.74, 6) is 2.45. The summed E-state index contributed by atoms with van der Waals surface area (Å²) >= 11 is 0. The van der Waals surface area contributed by atoms with Gasteiger partial charge in [-0.05, 0) is 51.3 Å². The van der Waals surface area contributed by atoms with E-state index in [0.717, 1.165) is 43.4 Å². The Hall–Kier alpha value is -1.91. The molecule has 174 valence electrons. The third-order valence-electron chi connectivity index (χ3n) is 5.23. The number of amides is 1. The highest BCUT2D eigenvalue weighted by Crippen LogP contribution is 2.28. The van der Waals surface area contributed by atoms with Gasteiger partial charge in [0.05, 0.1) is 26.8 Å². The lowest BCUT2D eigenvalue weighted by Crippen LogP contribution is -2.57. The number of hydrogen-bond donors (Lipinski definition) is 1. The zero-order valence-electron chi connectivity index (χ0n) is 19.1. The molecule has 0 saturated carbocycles. The van der Waals surface area contributed by atoms with Crippen LogP contribution >= 0.6 is 24.0 Å². The molecular weight excluding hydrogens is 511 g/mol. The number of carbonyl (C=O) groups excluding carboxylic acids is 1. The molecule has 9 heteroatoms. The number of ether oxygens (including phenoxy) is 3. The van der Waals surface area contributed by atoms with Gasteiger partial charge in [0.15, 0.2) is 17.5 Å². The van der Waals surface area contributed by atoms with E-state index in [2.05, 4.69) is 21.3 Å². The van der Waals surface area contributed by atoms with Crippen molar-refractivity contribution in [3.63, 3.8) is 0 Å². The molecule has 2 aliphatic rings. The summed E-state index contributed by atoms with van der Waals surface area (Å²) in [7, 11) is 3.30. The maximum absolute atomic E-state index is 12.3. The van der Waals surface area contributed by atoms with E-state index in [1.54, 1.807) is 19.1 Å². The van der Waals surface area contributed by atoms with Gasteiger partial charge in [0.2, 0.25) is 0 Å². The van der Waals surface area contributed by atoms with Crippen molar-refractivity contribution in [2.75, 3.05) is 46.9 Å². The summed E-state index contributed by atoms with van der Waals surface area (Å²) in [5.41, 5.74) is 0.743. The van der Waals surface area contributed by atoms with Crippen molar-refractivity contribution in [2.45, 2.75) is 45.3 Å². The predicted octanol–water partition coefficient (Wildman–Crippen LogP) is 3.13. The van der Waals surface area contributed by atoms with Crippen LogP contribution in [0.5, 0.6) is 11.5 Å². The van der Waals surface area contributed by atoms with E-state index in [1.165, 1.54) is 5.56 Å². The third kappa shape index (κ3) is 6.78. The minimum absolute atomic E-state index is 0. The van der Waals surface area contributed by atoms with E-state index in [-0.39, 0.29) is 36.1 Å². The number of halogens is 1. The molecule has 1 atom stereocenters. The Kier molecular flexibility index (Phi) is 9.08. The van der Waals surface area contributed by atoms with Crippen LogP contribution in [0.1, 0.15) is 32.8 Å².